The van der Waals surface area contributed by atoms with Gasteiger partial charge in [-0.1, -0.05) is 25.2 Å². The van der Waals surface area contributed by atoms with Crippen LogP contribution in [0.5, 0.6) is 0 Å². The molecule has 1 unspecified atom stereocenters. The van der Waals surface area contributed by atoms with E-state index >= 15 is 0 Å². The van der Waals surface area contributed by atoms with Crippen molar-refractivity contribution in [3.8, 4) is 9.88 Å². The van der Waals surface area contributed by atoms with Gasteiger partial charge >= 0.3 is 0 Å². The van der Waals surface area contributed by atoms with Crippen molar-refractivity contribution in [2.45, 2.75) is 38.5 Å². The quantitative estimate of drug-likeness (QED) is 0.897. The van der Waals surface area contributed by atoms with E-state index in [2.05, 4.69) is 35.4 Å². The number of aryl methyl sites for hydroxylation is 1. The van der Waals surface area contributed by atoms with Crippen LogP contribution in [0, 0.1) is 0 Å². The van der Waals surface area contributed by atoms with Crippen molar-refractivity contribution in [2.24, 2.45) is 0 Å². The largest absolute Gasteiger partial charge is 0.308 e. The average Bonchev–Trinajstić information content (AvgIpc) is 3.10. The first kappa shape index (κ1) is 14.5. The minimum atomic E-state index is 0.344. The minimum absolute atomic E-state index is 0.344. The van der Waals surface area contributed by atoms with E-state index in [1.807, 2.05) is 23.1 Å². The van der Waals surface area contributed by atoms with Crippen LogP contribution in [0.3, 0.4) is 0 Å². The van der Waals surface area contributed by atoms with Gasteiger partial charge in [-0.15, -0.1) is 21.5 Å². The van der Waals surface area contributed by atoms with Crippen molar-refractivity contribution in [3.05, 3.63) is 21.5 Å². The molecule has 6 heteroatoms. The van der Waals surface area contributed by atoms with E-state index in [4.69, 9.17) is 0 Å². The second-order valence-electron chi connectivity index (χ2n) is 4.83. The summed E-state index contributed by atoms with van der Waals surface area (Å²) in [6.07, 6.45) is 2.27. The van der Waals surface area contributed by atoms with E-state index in [0.29, 0.717) is 6.04 Å². The van der Waals surface area contributed by atoms with Crippen molar-refractivity contribution >= 4 is 34.4 Å². The highest BCUT2D eigenvalue weighted by Crippen LogP contribution is 2.38. The lowest BCUT2D eigenvalue weighted by atomic mass is 10.2. The summed E-state index contributed by atoms with van der Waals surface area (Å²) in [7, 11) is 0. The van der Waals surface area contributed by atoms with Crippen LogP contribution in [0.1, 0.15) is 41.8 Å². The minimum Gasteiger partial charge on any atom is -0.308 e. The van der Waals surface area contributed by atoms with Gasteiger partial charge in [0.05, 0.1) is 10.9 Å². The fraction of sp³-hybridized carbons (Fsp3) is 0.571. The molecule has 1 aliphatic rings. The van der Waals surface area contributed by atoms with Gasteiger partial charge in [-0.05, 0) is 36.8 Å². The summed E-state index contributed by atoms with van der Waals surface area (Å²) in [4.78, 5) is 2.85. The van der Waals surface area contributed by atoms with Crippen LogP contribution < -0.4 is 5.32 Å². The van der Waals surface area contributed by atoms with Crippen LogP contribution in [-0.2, 0) is 12.2 Å². The van der Waals surface area contributed by atoms with Crippen molar-refractivity contribution in [3.63, 3.8) is 0 Å². The highest BCUT2D eigenvalue weighted by Gasteiger charge is 2.19. The number of thiophene rings is 1. The molecule has 2 aromatic rings. The summed E-state index contributed by atoms with van der Waals surface area (Å²) < 4.78 is 0. The Morgan fingerprint density at radius 1 is 1.30 bits per heavy atom. The average molecular weight is 326 g/mol. The van der Waals surface area contributed by atoms with Gasteiger partial charge in [0.25, 0.3) is 0 Å². The van der Waals surface area contributed by atoms with Gasteiger partial charge in [0.15, 0.2) is 5.01 Å². The number of nitrogens with one attached hydrogen (secondary N) is 1. The molecule has 0 saturated carbocycles. The Morgan fingerprint density at radius 2 is 2.20 bits per heavy atom. The number of hydrogen-bond acceptors (Lipinski definition) is 6. The molecule has 0 aromatic carbocycles. The molecule has 1 N–H and O–H groups in total. The molecule has 0 saturated heterocycles. The van der Waals surface area contributed by atoms with Crippen LogP contribution in [0.2, 0.25) is 0 Å². The Kier molecular flexibility index (Phi) is 4.75. The first-order chi connectivity index (χ1) is 9.81. The summed E-state index contributed by atoms with van der Waals surface area (Å²) in [5.74, 6) is 2.42. The summed E-state index contributed by atoms with van der Waals surface area (Å²) in [5, 5.41) is 14.5. The van der Waals surface area contributed by atoms with Crippen LogP contribution in [-0.4, -0.2) is 22.5 Å². The summed E-state index contributed by atoms with van der Waals surface area (Å²) in [6.45, 7) is 5.29. The standard InChI is InChI=1S/C14H19N3S3/c1-3-10(15-4-2)13-16-17-14(20-13)12-7-9-8-18-6-5-11(9)19-12/h7,10,15H,3-6,8H2,1-2H3. The molecule has 20 heavy (non-hydrogen) atoms. The fourth-order valence-electron chi connectivity index (χ4n) is 2.38. The van der Waals surface area contributed by atoms with E-state index in [0.717, 1.165) is 28.7 Å². The lowest BCUT2D eigenvalue weighted by molar-refractivity contribution is 0.531. The molecule has 1 atom stereocenters. The molecule has 1 aliphatic heterocycles. The molecule has 0 bridgehead atoms. The van der Waals surface area contributed by atoms with Crippen molar-refractivity contribution in [1.29, 1.82) is 0 Å². The van der Waals surface area contributed by atoms with Gasteiger partial charge in [0, 0.05) is 10.6 Å². The van der Waals surface area contributed by atoms with E-state index in [-0.39, 0.29) is 0 Å². The van der Waals surface area contributed by atoms with Crippen LogP contribution in [0.15, 0.2) is 6.07 Å². The smallest absolute Gasteiger partial charge is 0.157 e. The second-order valence-corrected chi connectivity index (χ2v) is 8.08. The zero-order valence-corrected chi connectivity index (χ0v) is 14.3. The van der Waals surface area contributed by atoms with Gasteiger partial charge in [-0.3, -0.25) is 0 Å². The van der Waals surface area contributed by atoms with Gasteiger partial charge in [0.1, 0.15) is 5.01 Å². The third-order valence-electron chi connectivity index (χ3n) is 3.44. The fourth-order valence-corrected chi connectivity index (χ4v) is 5.80. The maximum Gasteiger partial charge on any atom is 0.157 e. The van der Waals surface area contributed by atoms with Gasteiger partial charge in [-0.2, -0.15) is 11.8 Å². The highest BCUT2D eigenvalue weighted by atomic mass is 32.2. The van der Waals surface area contributed by atoms with Gasteiger partial charge in [0.2, 0.25) is 0 Å². The molecule has 3 nitrogen and oxygen atoms in total. The van der Waals surface area contributed by atoms with Crippen LogP contribution >= 0.6 is 34.4 Å². The molecule has 3 heterocycles. The van der Waals surface area contributed by atoms with Gasteiger partial charge in [-0.25, -0.2) is 0 Å². The number of rotatable bonds is 5. The van der Waals surface area contributed by atoms with E-state index in [1.54, 1.807) is 16.2 Å². The first-order valence-electron chi connectivity index (χ1n) is 7.08. The van der Waals surface area contributed by atoms with Crippen molar-refractivity contribution in [2.75, 3.05) is 12.3 Å². The number of thioether (sulfide) groups is 1. The Morgan fingerprint density at radius 3 is 2.95 bits per heavy atom. The molecule has 2 aromatic heterocycles. The van der Waals surface area contributed by atoms with E-state index in [9.17, 15) is 0 Å². The number of hydrogen-bond donors (Lipinski definition) is 1. The predicted molar refractivity (Wildman–Crippen MR) is 89.8 cm³/mol. The Bertz CT molecular complexity index is 552. The first-order valence-corrected chi connectivity index (χ1v) is 9.87. The molecule has 0 fully saturated rings. The maximum absolute atomic E-state index is 4.41. The summed E-state index contributed by atoms with van der Waals surface area (Å²) in [6, 6.07) is 2.67. The van der Waals surface area contributed by atoms with Crippen LogP contribution in [0.25, 0.3) is 9.88 Å². The number of nitrogens with zero attached hydrogens (tertiary/aromatic N) is 2. The molecular formula is C14H19N3S3. The lowest BCUT2D eigenvalue weighted by Crippen LogP contribution is -2.19. The van der Waals surface area contributed by atoms with Crippen molar-refractivity contribution < 1.29 is 0 Å². The third-order valence-corrected chi connectivity index (χ3v) is 6.89. The topological polar surface area (TPSA) is 37.8 Å². The highest BCUT2D eigenvalue weighted by molar-refractivity contribution is 7.98. The lowest BCUT2D eigenvalue weighted by Gasteiger charge is -2.10. The van der Waals surface area contributed by atoms with Crippen LogP contribution in [0.4, 0.5) is 0 Å². The SMILES string of the molecule is CCNC(CC)c1nnc(-c2cc3c(s2)CCSC3)s1. The number of fused-ring (bicyclic) bond motifs is 1. The Labute approximate surface area is 132 Å². The molecule has 0 radical (unpaired) electrons. The predicted octanol–water partition coefficient (Wildman–Crippen LogP) is 4.12. The Hall–Kier alpha value is -0.430. The zero-order chi connectivity index (χ0) is 13.9. The normalized spacial score (nSPS) is 16.1. The third kappa shape index (κ3) is 2.93. The molecular weight excluding hydrogens is 306 g/mol. The van der Waals surface area contributed by atoms with Crippen molar-refractivity contribution in [1.82, 2.24) is 15.5 Å². The Balaban J connectivity index is 1.84. The molecule has 0 spiro atoms. The molecule has 3 rings (SSSR count). The molecule has 0 amide bonds. The second kappa shape index (κ2) is 6.56. The zero-order valence-electron chi connectivity index (χ0n) is 11.8. The van der Waals surface area contributed by atoms with Gasteiger partial charge < -0.3 is 5.32 Å². The molecule has 0 aliphatic carbocycles. The summed E-state index contributed by atoms with van der Waals surface area (Å²) in [5.41, 5.74) is 1.51. The van der Waals surface area contributed by atoms with E-state index < -0.39 is 0 Å². The maximum atomic E-state index is 4.41. The molecule has 108 valence electrons. The van der Waals surface area contributed by atoms with E-state index in [1.165, 1.54) is 22.6 Å². The number of aromatic nitrogens is 2. The monoisotopic (exact) mass is 325 g/mol. The summed E-state index contributed by atoms with van der Waals surface area (Å²) >= 11 is 5.68.